The molecule has 4 N–H and O–H groups in total. The second kappa shape index (κ2) is 4.31. The molecule has 0 spiro atoms. The van der Waals surface area contributed by atoms with Crippen LogP contribution in [0.3, 0.4) is 0 Å². The van der Waals surface area contributed by atoms with Gasteiger partial charge in [-0.15, -0.1) is 0 Å². The van der Waals surface area contributed by atoms with Crippen LogP contribution in [-0.4, -0.2) is 36.2 Å². The van der Waals surface area contributed by atoms with Crippen LogP contribution < -0.4 is 5.14 Å². The van der Waals surface area contributed by atoms with Crippen molar-refractivity contribution in [2.45, 2.75) is 5.25 Å². The van der Waals surface area contributed by atoms with Crippen LogP contribution in [-0.2, 0) is 10.0 Å². The van der Waals surface area contributed by atoms with Gasteiger partial charge in [-0.25, -0.2) is 0 Å². The number of hydrogen-bond acceptors (Lipinski definition) is 2. The third kappa shape index (κ3) is 9.65. The zero-order chi connectivity index (χ0) is 5.91. The molecule has 1 radical (unpaired) electrons. The average molecular weight is 201 g/mol. The first-order valence-corrected chi connectivity index (χ1v) is 5.67. The van der Waals surface area contributed by atoms with E-state index in [1.807, 2.05) is 0 Å². The van der Waals surface area contributed by atoms with Crippen molar-refractivity contribution in [1.29, 1.82) is 0 Å². The van der Waals surface area contributed by atoms with Gasteiger partial charge in [-0.3, -0.25) is 0 Å². The second-order valence-corrected chi connectivity index (χ2v) is 4.44. The van der Waals surface area contributed by atoms with Crippen LogP contribution in [0.15, 0.2) is 0 Å². The Morgan fingerprint density at radius 2 is 1.88 bits per heavy atom. The molecular formula is C2H10GeNO3S. The van der Waals surface area contributed by atoms with Gasteiger partial charge >= 0.3 is 51.1 Å². The molecule has 0 heterocycles. The Bertz CT molecular complexity index is 130. The summed E-state index contributed by atoms with van der Waals surface area (Å²) in [5.74, 6) is 0.146. The molecule has 0 aliphatic heterocycles. The molecule has 0 rings (SSSR count). The molecule has 0 aliphatic carbocycles. The summed E-state index contributed by atoms with van der Waals surface area (Å²) >= 11 is 0.996. The molecule has 0 aromatic rings. The van der Waals surface area contributed by atoms with E-state index in [9.17, 15) is 8.42 Å². The van der Waals surface area contributed by atoms with E-state index in [1.54, 1.807) is 0 Å². The second-order valence-electron chi connectivity index (χ2n) is 1.22. The first-order valence-electron chi connectivity index (χ1n) is 1.86. The Labute approximate surface area is 57.0 Å². The van der Waals surface area contributed by atoms with Crippen molar-refractivity contribution < 1.29 is 13.9 Å². The summed E-state index contributed by atoms with van der Waals surface area (Å²) in [4.78, 5) is 0. The Balaban J connectivity index is 0. The number of primary sulfonamides is 1. The van der Waals surface area contributed by atoms with Crippen LogP contribution in [0.2, 0.25) is 5.25 Å². The van der Waals surface area contributed by atoms with E-state index in [0.717, 1.165) is 21.8 Å². The Kier molecular flexibility index (Phi) is 6.05. The van der Waals surface area contributed by atoms with E-state index in [0.29, 0.717) is 0 Å². The minimum absolute atomic E-state index is 0. The van der Waals surface area contributed by atoms with Gasteiger partial charge < -0.3 is 5.48 Å². The van der Waals surface area contributed by atoms with Gasteiger partial charge in [0.1, 0.15) is 0 Å². The zero-order valence-electron chi connectivity index (χ0n) is 4.42. The fraction of sp³-hybridized carbons (Fsp3) is 1.00. The third-order valence-corrected chi connectivity index (χ3v) is 3.10. The predicted molar refractivity (Wildman–Crippen MR) is 34.9 cm³/mol. The molecule has 0 atom stereocenters. The normalized spacial score (nSPS) is 10.2. The van der Waals surface area contributed by atoms with Crippen molar-refractivity contribution in [3.63, 3.8) is 0 Å². The molecule has 4 nitrogen and oxygen atoms in total. The van der Waals surface area contributed by atoms with Gasteiger partial charge in [0.15, 0.2) is 0 Å². The molecule has 0 amide bonds. The Morgan fingerprint density at radius 1 is 1.50 bits per heavy atom. The van der Waals surface area contributed by atoms with Crippen LogP contribution in [0, 0.1) is 0 Å². The van der Waals surface area contributed by atoms with E-state index < -0.39 is 10.0 Å². The fourth-order valence-electron chi connectivity index (χ4n) is 0.201. The third-order valence-electron chi connectivity index (χ3n) is 0.429. The zero-order valence-corrected chi connectivity index (χ0v) is 8.21. The van der Waals surface area contributed by atoms with E-state index in [1.165, 1.54) is 0 Å². The van der Waals surface area contributed by atoms with Gasteiger partial charge in [-0.05, 0) is 0 Å². The molecule has 0 aromatic carbocycles. The van der Waals surface area contributed by atoms with Crippen molar-refractivity contribution in [2.24, 2.45) is 5.14 Å². The van der Waals surface area contributed by atoms with Gasteiger partial charge in [0, 0.05) is 0 Å². The van der Waals surface area contributed by atoms with E-state index in [4.69, 9.17) is 0 Å². The monoisotopic (exact) mass is 202 g/mol. The molecule has 0 aromatic heterocycles. The summed E-state index contributed by atoms with van der Waals surface area (Å²) in [5.41, 5.74) is 0. The summed E-state index contributed by atoms with van der Waals surface area (Å²) < 4.78 is 20.1. The van der Waals surface area contributed by atoms with Gasteiger partial charge in [0.2, 0.25) is 0 Å². The predicted octanol–water partition coefficient (Wildman–Crippen LogP) is -2.50. The maximum Gasteiger partial charge on any atom is -0.412 e. The fourth-order valence-corrected chi connectivity index (χ4v) is 3.14. The molecule has 0 saturated heterocycles. The molecule has 0 unspecified atom stereocenters. The number of rotatable bonds is 2. The van der Waals surface area contributed by atoms with Gasteiger partial charge in [-0.2, -0.15) is 0 Å². The first kappa shape index (κ1) is 11.2. The standard InChI is InChI=1S/C2H8GeNO2S.H2O/c3-1-2-7(4,5)6;/h1-3H2,(H2,4,5,6);1H2. The summed E-state index contributed by atoms with van der Waals surface area (Å²) in [5, 5.41) is 5.36. The summed E-state index contributed by atoms with van der Waals surface area (Å²) in [6.45, 7) is 0. The van der Waals surface area contributed by atoms with Crippen molar-refractivity contribution in [1.82, 2.24) is 0 Å². The van der Waals surface area contributed by atoms with Gasteiger partial charge in [-0.1, -0.05) is 0 Å². The van der Waals surface area contributed by atoms with E-state index in [2.05, 4.69) is 5.14 Å². The van der Waals surface area contributed by atoms with Crippen molar-refractivity contribution in [3.05, 3.63) is 0 Å². The molecule has 0 aliphatic rings. The van der Waals surface area contributed by atoms with Crippen molar-refractivity contribution in [2.75, 3.05) is 5.75 Å². The van der Waals surface area contributed by atoms with E-state index in [-0.39, 0.29) is 11.2 Å². The summed E-state index contributed by atoms with van der Waals surface area (Å²) in [6, 6.07) is 0. The molecule has 0 fully saturated rings. The molecular weight excluding hydrogens is 191 g/mol. The van der Waals surface area contributed by atoms with Gasteiger partial charge in [0.25, 0.3) is 0 Å². The van der Waals surface area contributed by atoms with E-state index >= 15 is 0 Å². The number of sulfonamides is 1. The quantitative estimate of drug-likeness (QED) is 0.500. The number of hydrogen-bond donors (Lipinski definition) is 1. The average Bonchev–Trinajstić information content (AvgIpc) is 1.30. The topological polar surface area (TPSA) is 91.7 Å². The van der Waals surface area contributed by atoms with Crippen LogP contribution in [0.5, 0.6) is 0 Å². The van der Waals surface area contributed by atoms with Crippen molar-refractivity contribution in [3.8, 4) is 0 Å². The Hall–Kier alpha value is 0.413. The molecule has 0 saturated carbocycles. The first-order chi connectivity index (χ1) is 3.06. The molecule has 51 valence electrons. The van der Waals surface area contributed by atoms with Gasteiger partial charge in [0.05, 0.1) is 0 Å². The summed E-state index contributed by atoms with van der Waals surface area (Å²) in [6.07, 6.45) is 0. The van der Waals surface area contributed by atoms with Crippen LogP contribution in [0.25, 0.3) is 0 Å². The maximum absolute atomic E-state index is 10.0. The Morgan fingerprint density at radius 3 is 1.88 bits per heavy atom. The maximum atomic E-state index is 10.0. The SMILES string of the molecule is NS(=O)(=O)C[CH2][GeH2].O. The minimum Gasteiger partial charge on any atom is -0.412 e. The minimum atomic E-state index is -3.14. The van der Waals surface area contributed by atoms with Crippen molar-refractivity contribution >= 4 is 26.5 Å². The van der Waals surface area contributed by atoms with Crippen LogP contribution in [0.4, 0.5) is 0 Å². The van der Waals surface area contributed by atoms with Crippen LogP contribution >= 0.6 is 0 Å². The molecule has 8 heavy (non-hydrogen) atoms. The number of nitrogens with two attached hydrogens (primary N) is 1. The smallest absolute Gasteiger partial charge is 0.412 e. The van der Waals surface area contributed by atoms with Crippen LogP contribution in [0.1, 0.15) is 0 Å². The summed E-state index contributed by atoms with van der Waals surface area (Å²) in [7, 11) is -3.14. The largest absolute Gasteiger partial charge is 0.412 e. The molecule has 6 heteroatoms. The molecule has 0 bridgehead atoms.